The zero-order valence-corrected chi connectivity index (χ0v) is 17.2. The number of ketones is 1. The van der Waals surface area contributed by atoms with Crippen LogP contribution in [0.15, 0.2) is 0 Å². The Hall–Kier alpha value is -0.153. The summed E-state index contributed by atoms with van der Waals surface area (Å²) in [4.78, 5) is 12.3. The van der Waals surface area contributed by atoms with E-state index in [1.165, 1.54) is 6.42 Å². The topological polar surface area (TPSA) is 26.3 Å². The summed E-state index contributed by atoms with van der Waals surface area (Å²) in [6.07, 6.45) is 4.83. The van der Waals surface area contributed by atoms with E-state index in [0.717, 1.165) is 19.3 Å². The van der Waals surface area contributed by atoms with Gasteiger partial charge in [-0.3, -0.25) is 4.79 Å². The van der Waals surface area contributed by atoms with E-state index in [9.17, 15) is 4.79 Å². The maximum Gasteiger partial charge on any atom is 0.200 e. The molecule has 0 aromatic carbocycles. The van der Waals surface area contributed by atoms with Crippen LogP contribution in [-0.4, -0.2) is 20.2 Å². The first-order valence-electron chi connectivity index (χ1n) is 9.23. The highest BCUT2D eigenvalue weighted by Gasteiger charge is 2.49. The fourth-order valence-electron chi connectivity index (χ4n) is 4.50. The van der Waals surface area contributed by atoms with Gasteiger partial charge in [0, 0.05) is 12.8 Å². The zero-order chi connectivity index (χ0) is 17.1. The third kappa shape index (κ3) is 4.23. The highest BCUT2D eigenvalue weighted by Crippen LogP contribution is 2.46. The summed E-state index contributed by atoms with van der Waals surface area (Å²) in [5.41, 5.74) is 1.82. The Bertz CT molecular complexity index is 350. The van der Waals surface area contributed by atoms with Crippen molar-refractivity contribution in [3.63, 3.8) is 0 Å². The predicted octanol–water partition coefficient (Wildman–Crippen LogP) is 6.11. The van der Waals surface area contributed by atoms with Gasteiger partial charge in [0.15, 0.2) is 0 Å². The third-order valence-electron chi connectivity index (χ3n) is 5.86. The van der Waals surface area contributed by atoms with Crippen molar-refractivity contribution in [3.8, 4) is 0 Å². The van der Waals surface area contributed by atoms with Crippen LogP contribution in [0.4, 0.5) is 0 Å². The number of carbonyl (C=O) groups excluding carboxylic acids is 1. The van der Waals surface area contributed by atoms with Crippen molar-refractivity contribution in [1.82, 2.24) is 0 Å². The maximum absolute atomic E-state index is 12.3. The lowest BCUT2D eigenvalue weighted by Gasteiger charge is -2.48. The molecule has 0 N–H and O–H groups in total. The summed E-state index contributed by atoms with van der Waals surface area (Å²) >= 11 is 0. The van der Waals surface area contributed by atoms with E-state index in [-0.39, 0.29) is 11.5 Å². The van der Waals surface area contributed by atoms with Gasteiger partial charge < -0.3 is 4.43 Å². The molecular weight excluding hydrogens is 288 g/mol. The molecule has 0 aromatic rings. The van der Waals surface area contributed by atoms with Crippen molar-refractivity contribution < 1.29 is 9.22 Å². The quantitative estimate of drug-likeness (QED) is 0.570. The molecule has 1 unspecified atom stereocenters. The Kier molecular flexibility index (Phi) is 6.88. The second-order valence-electron chi connectivity index (χ2n) is 8.86. The molecule has 0 radical (unpaired) electrons. The number of carbonyl (C=O) groups is 1. The van der Waals surface area contributed by atoms with Crippen LogP contribution in [0.5, 0.6) is 0 Å². The molecule has 2 nitrogen and oxygen atoms in total. The van der Waals surface area contributed by atoms with Crippen LogP contribution in [0, 0.1) is 5.41 Å². The summed E-state index contributed by atoms with van der Waals surface area (Å²) < 4.78 is 7.00. The lowest BCUT2D eigenvalue weighted by Crippen LogP contribution is -2.53. The van der Waals surface area contributed by atoms with Crippen LogP contribution in [0.1, 0.15) is 87.5 Å². The molecule has 130 valence electrons. The molecule has 0 aliphatic heterocycles. The van der Waals surface area contributed by atoms with E-state index in [1.807, 2.05) is 0 Å². The average Bonchev–Trinajstić information content (AvgIpc) is 2.36. The van der Waals surface area contributed by atoms with Gasteiger partial charge in [-0.1, -0.05) is 61.8 Å². The van der Waals surface area contributed by atoms with Crippen molar-refractivity contribution in [1.29, 1.82) is 0 Å². The standard InChI is InChI=1S/C19H38O2Si/c1-14(2)22(15(3)4,16(5)6)21-18-13-17(20)11-9-10-12-19(18,7)8/h14-16,18H,9-13H2,1-8H3. The molecule has 22 heavy (non-hydrogen) atoms. The van der Waals surface area contributed by atoms with E-state index >= 15 is 0 Å². The van der Waals surface area contributed by atoms with E-state index in [0.29, 0.717) is 28.8 Å². The normalized spacial score (nSPS) is 24.0. The smallest absolute Gasteiger partial charge is 0.200 e. The fraction of sp³-hybridized carbons (Fsp3) is 0.947. The van der Waals surface area contributed by atoms with Gasteiger partial charge in [0.1, 0.15) is 5.78 Å². The van der Waals surface area contributed by atoms with Crippen LogP contribution in [-0.2, 0) is 9.22 Å². The Balaban J connectivity index is 3.14. The second-order valence-corrected chi connectivity index (χ2v) is 14.3. The van der Waals surface area contributed by atoms with Gasteiger partial charge in [-0.15, -0.1) is 0 Å². The number of Topliss-reactive ketones (excluding diaryl/α,β-unsaturated/α-hetero) is 1. The first-order chi connectivity index (χ1) is 10.0. The molecule has 3 heteroatoms. The molecule has 0 amide bonds. The van der Waals surface area contributed by atoms with E-state index in [2.05, 4.69) is 55.4 Å². The molecule has 1 aliphatic rings. The van der Waals surface area contributed by atoms with Crippen molar-refractivity contribution in [2.75, 3.05) is 0 Å². The van der Waals surface area contributed by atoms with Gasteiger partial charge in [0.05, 0.1) is 6.10 Å². The lowest BCUT2D eigenvalue weighted by atomic mass is 9.77. The molecule has 1 aliphatic carbocycles. The predicted molar refractivity (Wildman–Crippen MR) is 97.8 cm³/mol. The Labute approximate surface area is 139 Å². The van der Waals surface area contributed by atoms with E-state index in [4.69, 9.17) is 4.43 Å². The molecule has 1 atom stereocenters. The maximum atomic E-state index is 12.3. The highest BCUT2D eigenvalue weighted by molar-refractivity contribution is 6.77. The van der Waals surface area contributed by atoms with Crippen LogP contribution < -0.4 is 0 Å². The van der Waals surface area contributed by atoms with Crippen LogP contribution >= 0.6 is 0 Å². The molecule has 1 rings (SSSR count). The average molecular weight is 327 g/mol. The molecule has 0 spiro atoms. The van der Waals surface area contributed by atoms with Crippen molar-refractivity contribution in [2.24, 2.45) is 5.41 Å². The van der Waals surface area contributed by atoms with Crippen LogP contribution in [0.25, 0.3) is 0 Å². The van der Waals surface area contributed by atoms with Crippen LogP contribution in [0.2, 0.25) is 16.6 Å². The molecule has 1 fully saturated rings. The monoisotopic (exact) mass is 326 g/mol. The highest BCUT2D eigenvalue weighted by atomic mass is 28.4. The largest absolute Gasteiger partial charge is 0.412 e. The summed E-state index contributed by atoms with van der Waals surface area (Å²) in [6.45, 7) is 18.5. The molecule has 0 saturated heterocycles. The molecule has 0 heterocycles. The van der Waals surface area contributed by atoms with Gasteiger partial charge >= 0.3 is 0 Å². The van der Waals surface area contributed by atoms with Crippen LogP contribution in [0.3, 0.4) is 0 Å². The van der Waals surface area contributed by atoms with E-state index in [1.54, 1.807) is 0 Å². The van der Waals surface area contributed by atoms with Crippen molar-refractivity contribution in [3.05, 3.63) is 0 Å². The van der Waals surface area contributed by atoms with Gasteiger partial charge in [0.25, 0.3) is 0 Å². The van der Waals surface area contributed by atoms with Crippen molar-refractivity contribution in [2.45, 2.75) is 110 Å². The zero-order valence-electron chi connectivity index (χ0n) is 16.2. The summed E-state index contributed by atoms with van der Waals surface area (Å²) in [5, 5.41) is 0. The Morgan fingerprint density at radius 2 is 1.50 bits per heavy atom. The first-order valence-corrected chi connectivity index (χ1v) is 11.4. The van der Waals surface area contributed by atoms with Gasteiger partial charge in [0.2, 0.25) is 8.32 Å². The summed E-state index contributed by atoms with van der Waals surface area (Å²) in [6, 6.07) is 0. The number of rotatable bonds is 5. The molecule has 0 bridgehead atoms. The minimum absolute atomic E-state index is 0.0965. The van der Waals surface area contributed by atoms with Gasteiger partial charge in [-0.05, 0) is 34.9 Å². The lowest BCUT2D eigenvalue weighted by molar-refractivity contribution is -0.123. The molecule has 1 saturated carbocycles. The van der Waals surface area contributed by atoms with E-state index < -0.39 is 8.32 Å². The summed E-state index contributed by atoms with van der Waals surface area (Å²) in [7, 11) is -1.92. The Morgan fingerprint density at radius 3 is 1.95 bits per heavy atom. The second kappa shape index (κ2) is 7.61. The first kappa shape index (κ1) is 19.9. The third-order valence-corrected chi connectivity index (χ3v) is 12.0. The number of hydrogen-bond acceptors (Lipinski definition) is 2. The van der Waals surface area contributed by atoms with Gasteiger partial charge in [-0.25, -0.2) is 0 Å². The summed E-state index contributed by atoms with van der Waals surface area (Å²) in [5.74, 6) is 0.400. The molecule has 0 aromatic heterocycles. The molecular formula is C19H38O2Si. The SMILES string of the molecule is CC(C)[Si](OC1CC(=O)CCCCC1(C)C)(C(C)C)C(C)C. The number of hydrogen-bond donors (Lipinski definition) is 0. The minimum atomic E-state index is -1.92. The Morgan fingerprint density at radius 1 is 1.00 bits per heavy atom. The van der Waals surface area contributed by atoms with Crippen molar-refractivity contribution >= 4 is 14.1 Å². The fourth-order valence-corrected chi connectivity index (χ4v) is 10.2. The van der Waals surface area contributed by atoms with Gasteiger partial charge in [-0.2, -0.15) is 0 Å². The minimum Gasteiger partial charge on any atom is -0.412 e.